The van der Waals surface area contributed by atoms with E-state index < -0.39 is 12.0 Å². The van der Waals surface area contributed by atoms with Crippen molar-refractivity contribution >= 4 is 23.6 Å². The molecular weight excluding hydrogens is 240 g/mol. The van der Waals surface area contributed by atoms with Gasteiger partial charge in [-0.2, -0.15) is 11.8 Å². The third-order valence-electron chi connectivity index (χ3n) is 2.35. The Balaban J connectivity index is 3.83. The lowest BCUT2D eigenvalue weighted by molar-refractivity contribution is -0.141. The van der Waals surface area contributed by atoms with Gasteiger partial charge in [-0.25, -0.2) is 4.79 Å². The van der Waals surface area contributed by atoms with Crippen molar-refractivity contribution in [2.75, 3.05) is 18.6 Å². The van der Waals surface area contributed by atoms with E-state index in [0.717, 1.165) is 25.0 Å². The summed E-state index contributed by atoms with van der Waals surface area (Å²) in [6.45, 7) is 0.632. The van der Waals surface area contributed by atoms with Gasteiger partial charge >= 0.3 is 5.97 Å². The first-order chi connectivity index (χ1) is 8.11. The van der Waals surface area contributed by atoms with Crippen LogP contribution in [0.3, 0.4) is 0 Å². The number of nitrogens with two attached hydrogens (primary N) is 1. The highest BCUT2D eigenvalue weighted by Crippen LogP contribution is 2.03. The van der Waals surface area contributed by atoms with Gasteiger partial charge in [-0.1, -0.05) is 6.42 Å². The lowest BCUT2D eigenvalue weighted by Gasteiger charge is -2.13. The number of unbranched alkanes of at least 4 members (excludes halogenated alkanes) is 2. The number of nitrogens with one attached hydrogen (secondary N) is 1. The third kappa shape index (κ3) is 9.00. The summed E-state index contributed by atoms with van der Waals surface area (Å²) in [5.74, 6) is -0.422. The number of carboxylic acid groups (broad SMARTS) is 1. The average Bonchev–Trinajstić information content (AvgIpc) is 2.29. The third-order valence-corrected chi connectivity index (χ3v) is 3.00. The lowest BCUT2D eigenvalue weighted by Crippen LogP contribution is -2.41. The van der Waals surface area contributed by atoms with Crippen LogP contribution < -0.4 is 11.1 Å². The molecule has 0 aliphatic heterocycles. The Bertz CT molecular complexity index is 237. The molecule has 0 spiro atoms. The lowest BCUT2D eigenvalue weighted by atomic mass is 10.1. The Morgan fingerprint density at radius 2 is 2.06 bits per heavy atom. The first-order valence-electron chi connectivity index (χ1n) is 5.83. The Morgan fingerprint density at radius 1 is 1.35 bits per heavy atom. The van der Waals surface area contributed by atoms with E-state index in [2.05, 4.69) is 5.32 Å². The van der Waals surface area contributed by atoms with E-state index in [0.29, 0.717) is 19.4 Å². The minimum Gasteiger partial charge on any atom is -0.480 e. The van der Waals surface area contributed by atoms with Crippen molar-refractivity contribution in [3.63, 3.8) is 0 Å². The van der Waals surface area contributed by atoms with Gasteiger partial charge in [-0.3, -0.25) is 4.79 Å². The number of thioether (sulfide) groups is 1. The molecule has 0 aliphatic carbocycles. The summed E-state index contributed by atoms with van der Waals surface area (Å²) in [7, 11) is 0. The molecule has 0 aromatic heterocycles. The van der Waals surface area contributed by atoms with Crippen LogP contribution in [0.25, 0.3) is 0 Å². The predicted molar refractivity (Wildman–Crippen MR) is 70.1 cm³/mol. The number of hydrogen-bond acceptors (Lipinski definition) is 4. The van der Waals surface area contributed by atoms with Crippen molar-refractivity contribution in [3.05, 3.63) is 0 Å². The van der Waals surface area contributed by atoms with Gasteiger partial charge < -0.3 is 16.2 Å². The summed E-state index contributed by atoms with van der Waals surface area (Å²) in [6, 6.07) is -0.760. The SMILES string of the molecule is CSCC[C@@H](NC(=O)CCCCCN)C(=O)O. The van der Waals surface area contributed by atoms with Gasteiger partial charge in [0.05, 0.1) is 0 Å². The number of carboxylic acids is 1. The minimum atomic E-state index is -0.964. The molecule has 0 bridgehead atoms. The number of aliphatic carboxylic acids is 1. The zero-order chi connectivity index (χ0) is 13.1. The Labute approximate surface area is 107 Å². The summed E-state index contributed by atoms with van der Waals surface area (Å²) in [6.07, 6.45) is 5.33. The molecule has 0 fully saturated rings. The highest BCUT2D eigenvalue weighted by molar-refractivity contribution is 7.98. The van der Waals surface area contributed by atoms with E-state index in [1.807, 2.05) is 6.26 Å². The molecule has 100 valence electrons. The first kappa shape index (κ1) is 16.2. The smallest absolute Gasteiger partial charge is 0.326 e. The summed E-state index contributed by atoms with van der Waals surface area (Å²) in [4.78, 5) is 22.3. The fourth-order valence-corrected chi connectivity index (χ4v) is 1.84. The molecule has 0 saturated carbocycles. The highest BCUT2D eigenvalue weighted by atomic mass is 32.2. The van der Waals surface area contributed by atoms with Gasteiger partial charge in [0, 0.05) is 6.42 Å². The molecule has 4 N–H and O–H groups in total. The average molecular weight is 262 g/mol. The van der Waals surface area contributed by atoms with E-state index >= 15 is 0 Å². The largest absolute Gasteiger partial charge is 0.480 e. The van der Waals surface area contributed by atoms with Crippen molar-refractivity contribution in [3.8, 4) is 0 Å². The van der Waals surface area contributed by atoms with Gasteiger partial charge in [-0.05, 0) is 37.8 Å². The summed E-state index contributed by atoms with van der Waals surface area (Å²) in [5.41, 5.74) is 5.34. The number of carbonyl (C=O) groups excluding carboxylic acids is 1. The van der Waals surface area contributed by atoms with Crippen LogP contribution in [0.4, 0.5) is 0 Å². The van der Waals surface area contributed by atoms with Crippen molar-refractivity contribution in [1.82, 2.24) is 5.32 Å². The summed E-state index contributed by atoms with van der Waals surface area (Å²) in [5, 5.41) is 11.5. The van der Waals surface area contributed by atoms with Gasteiger partial charge in [0.2, 0.25) is 5.91 Å². The standard InChI is InChI=1S/C11H22N2O3S/c1-17-8-6-9(11(15)16)13-10(14)5-3-2-4-7-12/h9H,2-8,12H2,1H3,(H,13,14)(H,15,16)/t9-/m1/s1. The molecule has 17 heavy (non-hydrogen) atoms. The molecule has 0 aliphatic rings. The molecule has 0 saturated heterocycles. The van der Waals surface area contributed by atoms with Gasteiger partial charge in [-0.15, -0.1) is 0 Å². The topological polar surface area (TPSA) is 92.4 Å². The molecule has 0 aromatic carbocycles. The molecule has 0 aromatic rings. The van der Waals surface area contributed by atoms with E-state index in [-0.39, 0.29) is 5.91 Å². The Morgan fingerprint density at radius 3 is 2.59 bits per heavy atom. The summed E-state index contributed by atoms with van der Waals surface area (Å²) < 4.78 is 0. The van der Waals surface area contributed by atoms with Crippen LogP contribution in [-0.2, 0) is 9.59 Å². The summed E-state index contributed by atoms with van der Waals surface area (Å²) >= 11 is 1.57. The normalized spacial score (nSPS) is 12.1. The number of amides is 1. The van der Waals surface area contributed by atoms with Crippen molar-refractivity contribution < 1.29 is 14.7 Å². The highest BCUT2D eigenvalue weighted by Gasteiger charge is 2.18. The maximum Gasteiger partial charge on any atom is 0.326 e. The number of hydrogen-bond donors (Lipinski definition) is 3. The first-order valence-corrected chi connectivity index (χ1v) is 7.22. The maximum atomic E-state index is 11.5. The monoisotopic (exact) mass is 262 g/mol. The van der Waals surface area contributed by atoms with Crippen molar-refractivity contribution in [2.45, 2.75) is 38.1 Å². The maximum absolute atomic E-state index is 11.5. The predicted octanol–water partition coefficient (Wildman–Crippen LogP) is 0.828. The zero-order valence-electron chi connectivity index (χ0n) is 10.3. The van der Waals surface area contributed by atoms with Crippen LogP contribution in [0.15, 0.2) is 0 Å². The number of rotatable bonds is 10. The zero-order valence-corrected chi connectivity index (χ0v) is 11.1. The molecule has 6 heteroatoms. The molecule has 0 unspecified atom stereocenters. The fourth-order valence-electron chi connectivity index (χ4n) is 1.37. The second-order valence-corrected chi connectivity index (χ2v) is 4.82. The molecule has 0 heterocycles. The molecule has 0 radical (unpaired) electrons. The van der Waals surface area contributed by atoms with Gasteiger partial charge in [0.15, 0.2) is 0 Å². The fraction of sp³-hybridized carbons (Fsp3) is 0.818. The van der Waals surface area contributed by atoms with Gasteiger partial charge in [0.1, 0.15) is 6.04 Å². The second-order valence-electron chi connectivity index (χ2n) is 3.84. The minimum absolute atomic E-state index is 0.185. The Kier molecular flexibility index (Phi) is 9.95. The van der Waals surface area contributed by atoms with Crippen molar-refractivity contribution in [2.24, 2.45) is 5.73 Å². The Hall–Kier alpha value is -0.750. The van der Waals surface area contributed by atoms with E-state index in [1.54, 1.807) is 11.8 Å². The molecule has 5 nitrogen and oxygen atoms in total. The molecule has 0 rings (SSSR count). The van der Waals surface area contributed by atoms with Gasteiger partial charge in [0.25, 0.3) is 0 Å². The molecular formula is C11H22N2O3S. The van der Waals surface area contributed by atoms with Crippen LogP contribution in [0.5, 0.6) is 0 Å². The second kappa shape index (κ2) is 10.4. The molecule has 1 atom stereocenters. The van der Waals surface area contributed by atoms with Crippen LogP contribution in [0.2, 0.25) is 0 Å². The van der Waals surface area contributed by atoms with Crippen LogP contribution >= 0.6 is 11.8 Å². The van der Waals surface area contributed by atoms with Crippen molar-refractivity contribution in [1.29, 1.82) is 0 Å². The van der Waals surface area contributed by atoms with Crippen LogP contribution in [0.1, 0.15) is 32.1 Å². The van der Waals surface area contributed by atoms with Crippen LogP contribution in [-0.4, -0.2) is 41.6 Å². The van der Waals surface area contributed by atoms with E-state index in [4.69, 9.17) is 10.8 Å². The van der Waals surface area contributed by atoms with Crippen LogP contribution in [0, 0.1) is 0 Å². The quantitative estimate of drug-likeness (QED) is 0.507. The number of carbonyl (C=O) groups is 2. The molecule has 1 amide bonds. The van der Waals surface area contributed by atoms with E-state index in [1.165, 1.54) is 0 Å². The van der Waals surface area contributed by atoms with E-state index in [9.17, 15) is 9.59 Å².